The van der Waals surface area contributed by atoms with Gasteiger partial charge in [-0.15, -0.1) is 0 Å². The number of nitro groups is 1. The highest BCUT2D eigenvalue weighted by Gasteiger charge is 2.33. The van der Waals surface area contributed by atoms with Crippen LogP contribution in [-0.4, -0.2) is 9.91 Å². The Bertz CT molecular complexity index is 927. The first-order valence-electron chi connectivity index (χ1n) is 7.49. The molecule has 0 aliphatic heterocycles. The van der Waals surface area contributed by atoms with E-state index in [9.17, 15) is 23.3 Å². The molecule has 0 bridgehead atoms. The Morgan fingerprint density at radius 1 is 1.15 bits per heavy atom. The number of hydrogen-bond acceptors (Lipinski definition) is 3. The number of imidazole rings is 1. The lowest BCUT2D eigenvalue weighted by Crippen LogP contribution is -2.34. The number of nitro benzene ring substituents is 1. The Morgan fingerprint density at radius 3 is 2.54 bits per heavy atom. The molecule has 1 aromatic heterocycles. The molecule has 3 aromatic rings. The predicted octanol–water partition coefficient (Wildman–Crippen LogP) is 4.43. The second kappa shape index (κ2) is 7.20. The van der Waals surface area contributed by atoms with Gasteiger partial charge in [0.1, 0.15) is 18.9 Å². The zero-order chi connectivity index (χ0) is 18.7. The van der Waals surface area contributed by atoms with Crippen molar-refractivity contribution < 1.29 is 22.7 Å². The first-order chi connectivity index (χ1) is 12.3. The summed E-state index contributed by atoms with van der Waals surface area (Å²) < 4.78 is 40.3. The van der Waals surface area contributed by atoms with Crippen molar-refractivity contribution in [3.05, 3.63) is 82.2 Å². The van der Waals surface area contributed by atoms with Crippen molar-refractivity contribution in [2.45, 2.75) is 22.8 Å². The Hall–Kier alpha value is -2.81. The van der Waals surface area contributed by atoms with Gasteiger partial charge in [0, 0.05) is 17.8 Å². The number of benzene rings is 2. The maximum atomic E-state index is 12.8. The molecule has 0 spiro atoms. The van der Waals surface area contributed by atoms with Crippen LogP contribution in [0.5, 0.6) is 0 Å². The molecule has 2 aromatic carbocycles. The van der Waals surface area contributed by atoms with Crippen molar-refractivity contribution in [3.63, 3.8) is 0 Å². The number of alkyl halides is 3. The number of rotatable bonds is 5. The van der Waals surface area contributed by atoms with Crippen LogP contribution in [0, 0.1) is 10.1 Å². The summed E-state index contributed by atoms with van der Waals surface area (Å²) in [5.74, 6) is 0. The van der Waals surface area contributed by atoms with Crippen molar-refractivity contribution in [3.8, 4) is 0 Å². The van der Waals surface area contributed by atoms with Crippen molar-refractivity contribution in [1.82, 2.24) is 4.98 Å². The fourth-order valence-electron chi connectivity index (χ4n) is 2.37. The van der Waals surface area contributed by atoms with E-state index in [0.717, 1.165) is 29.5 Å². The lowest BCUT2D eigenvalue weighted by Gasteiger charge is -2.08. The van der Waals surface area contributed by atoms with Gasteiger partial charge in [0.15, 0.2) is 0 Å². The maximum absolute atomic E-state index is 12.8. The minimum absolute atomic E-state index is 0.132. The van der Waals surface area contributed by atoms with Gasteiger partial charge in [-0.25, -0.2) is 9.55 Å². The minimum Gasteiger partial charge on any atom is -0.258 e. The Balaban J connectivity index is 1.90. The quantitative estimate of drug-likeness (QED) is 0.405. The summed E-state index contributed by atoms with van der Waals surface area (Å²) >= 11 is 1.01. The normalized spacial score (nSPS) is 11.5. The summed E-state index contributed by atoms with van der Waals surface area (Å²) in [6.07, 6.45) is -1.19. The van der Waals surface area contributed by atoms with Gasteiger partial charge < -0.3 is 0 Å². The fraction of sp³-hybridized carbons (Fsp3) is 0.118. The van der Waals surface area contributed by atoms with Gasteiger partial charge in [-0.3, -0.25) is 10.1 Å². The first-order valence-corrected chi connectivity index (χ1v) is 8.30. The van der Waals surface area contributed by atoms with Crippen LogP contribution < -0.4 is 4.57 Å². The molecule has 0 amide bonds. The molecule has 5 nitrogen and oxygen atoms in total. The Labute approximate surface area is 150 Å². The number of nitrogens with one attached hydrogen (secondary N) is 1. The molecule has 0 unspecified atom stereocenters. The van der Waals surface area contributed by atoms with E-state index >= 15 is 0 Å². The molecular formula is C17H13F3N3O2S+. The Morgan fingerprint density at radius 2 is 1.88 bits per heavy atom. The molecule has 1 heterocycles. The summed E-state index contributed by atoms with van der Waals surface area (Å²) in [5, 5.41) is 11.8. The largest absolute Gasteiger partial charge is 0.416 e. The van der Waals surface area contributed by atoms with Gasteiger partial charge in [0.25, 0.3) is 5.69 Å². The number of aromatic nitrogens is 2. The van der Waals surface area contributed by atoms with Gasteiger partial charge in [0.05, 0.1) is 15.4 Å². The second-order valence-corrected chi connectivity index (χ2v) is 6.45. The summed E-state index contributed by atoms with van der Waals surface area (Å²) in [6, 6.07) is 12.1. The van der Waals surface area contributed by atoms with Crippen molar-refractivity contribution in [1.29, 1.82) is 0 Å². The highest BCUT2D eigenvalue weighted by Crippen LogP contribution is 2.38. The van der Waals surface area contributed by atoms with Gasteiger partial charge in [-0.2, -0.15) is 13.2 Å². The van der Waals surface area contributed by atoms with Crippen LogP contribution in [0.1, 0.15) is 11.1 Å². The standard InChI is InChI=1S/C17H12F3N3O2S/c18-17(19,20)13-6-7-15(14(10-13)23(24)25)26-16-21-8-9-22(16)11-12-4-2-1-3-5-12/h1-10H,11H2/p+1. The van der Waals surface area contributed by atoms with Crippen molar-refractivity contribution in [2.75, 3.05) is 0 Å². The third-order valence-corrected chi connectivity index (χ3v) is 4.72. The molecule has 3 rings (SSSR count). The van der Waals surface area contributed by atoms with E-state index in [1.54, 1.807) is 12.4 Å². The number of H-pyrrole nitrogens is 1. The lowest BCUT2D eigenvalue weighted by atomic mass is 10.2. The van der Waals surface area contributed by atoms with Crippen LogP contribution in [0.2, 0.25) is 0 Å². The average molecular weight is 380 g/mol. The third-order valence-electron chi connectivity index (χ3n) is 3.61. The molecule has 0 radical (unpaired) electrons. The smallest absolute Gasteiger partial charge is 0.258 e. The zero-order valence-corrected chi connectivity index (χ0v) is 14.1. The topological polar surface area (TPSA) is 62.8 Å². The van der Waals surface area contributed by atoms with Gasteiger partial charge in [-0.1, -0.05) is 30.3 Å². The second-order valence-electron chi connectivity index (χ2n) is 5.42. The minimum atomic E-state index is -4.63. The summed E-state index contributed by atoms with van der Waals surface area (Å²) in [7, 11) is 0. The van der Waals surface area contributed by atoms with Crippen LogP contribution in [0.25, 0.3) is 0 Å². The molecule has 0 atom stereocenters. The van der Waals surface area contributed by atoms with Gasteiger partial charge in [-0.05, 0) is 17.7 Å². The monoisotopic (exact) mass is 380 g/mol. The number of hydrogen-bond donors (Lipinski definition) is 1. The summed E-state index contributed by atoms with van der Waals surface area (Å²) in [6.45, 7) is 0.529. The van der Waals surface area contributed by atoms with Crippen LogP contribution >= 0.6 is 11.8 Å². The van der Waals surface area contributed by atoms with E-state index in [1.165, 1.54) is 0 Å². The van der Waals surface area contributed by atoms with Gasteiger partial charge in [0.2, 0.25) is 0 Å². The van der Waals surface area contributed by atoms with Crippen molar-refractivity contribution in [2.24, 2.45) is 0 Å². The third kappa shape index (κ3) is 4.05. The summed E-state index contributed by atoms with van der Waals surface area (Å²) in [4.78, 5) is 13.5. The van der Waals surface area contributed by atoms with E-state index in [4.69, 9.17) is 0 Å². The Kier molecular flexibility index (Phi) is 4.99. The molecule has 0 fully saturated rings. The molecule has 0 saturated carbocycles. The molecule has 26 heavy (non-hydrogen) atoms. The average Bonchev–Trinajstić information content (AvgIpc) is 3.02. The van der Waals surface area contributed by atoms with E-state index < -0.39 is 22.4 Å². The summed E-state index contributed by atoms with van der Waals surface area (Å²) in [5.41, 5.74) is -0.594. The molecule has 1 N–H and O–H groups in total. The van der Waals surface area contributed by atoms with Crippen LogP contribution in [-0.2, 0) is 12.7 Å². The van der Waals surface area contributed by atoms with E-state index in [2.05, 4.69) is 4.98 Å². The number of halogens is 3. The predicted molar refractivity (Wildman–Crippen MR) is 88.8 cm³/mol. The van der Waals surface area contributed by atoms with Gasteiger partial charge >= 0.3 is 11.3 Å². The van der Waals surface area contributed by atoms with Crippen LogP contribution in [0.3, 0.4) is 0 Å². The number of aromatic amines is 1. The maximum Gasteiger partial charge on any atom is 0.416 e. The lowest BCUT2D eigenvalue weighted by molar-refractivity contribution is -0.723. The molecule has 0 aliphatic rings. The van der Waals surface area contributed by atoms with E-state index in [-0.39, 0.29) is 4.90 Å². The molecule has 0 aliphatic carbocycles. The highest BCUT2D eigenvalue weighted by atomic mass is 32.2. The molecule has 0 saturated heterocycles. The van der Waals surface area contributed by atoms with Crippen LogP contribution in [0.15, 0.2) is 71.0 Å². The number of nitrogens with zero attached hydrogens (tertiary/aromatic N) is 2. The zero-order valence-electron chi connectivity index (χ0n) is 13.2. The fourth-order valence-corrected chi connectivity index (χ4v) is 3.32. The van der Waals surface area contributed by atoms with Crippen LogP contribution in [0.4, 0.5) is 18.9 Å². The molecular weight excluding hydrogens is 367 g/mol. The first kappa shape index (κ1) is 18.0. The molecule has 134 valence electrons. The highest BCUT2D eigenvalue weighted by molar-refractivity contribution is 7.99. The van der Waals surface area contributed by atoms with E-state index in [0.29, 0.717) is 17.8 Å². The van der Waals surface area contributed by atoms with E-state index in [1.807, 2.05) is 34.9 Å². The van der Waals surface area contributed by atoms with Crippen molar-refractivity contribution >= 4 is 17.4 Å². The molecule has 9 heteroatoms. The SMILES string of the molecule is O=[N+]([O-])c1cc(C(F)(F)F)ccc1Sc1[nH]cc[n+]1Cc1ccccc1.